The molecule has 0 aliphatic carbocycles. The summed E-state index contributed by atoms with van der Waals surface area (Å²) in [6, 6.07) is 5.35. The van der Waals surface area contributed by atoms with E-state index in [1.165, 1.54) is 7.11 Å². The molecule has 2 rings (SSSR count). The van der Waals surface area contributed by atoms with E-state index in [-0.39, 0.29) is 30.2 Å². The molecule has 5 N–H and O–H groups in total. The van der Waals surface area contributed by atoms with Gasteiger partial charge in [-0.1, -0.05) is 6.07 Å². The van der Waals surface area contributed by atoms with E-state index < -0.39 is 0 Å². The second-order valence-corrected chi connectivity index (χ2v) is 4.97. The van der Waals surface area contributed by atoms with E-state index in [4.69, 9.17) is 10.5 Å². The number of benzene rings is 1. The number of rotatable bonds is 6. The maximum absolute atomic E-state index is 11.9. The maximum atomic E-state index is 11.9. The van der Waals surface area contributed by atoms with Gasteiger partial charge in [0, 0.05) is 13.7 Å². The third-order valence-corrected chi connectivity index (χ3v) is 3.43. The molecule has 0 spiro atoms. The molecule has 114 valence electrons. The van der Waals surface area contributed by atoms with Crippen molar-refractivity contribution >= 4 is 16.9 Å². The van der Waals surface area contributed by atoms with Crippen LogP contribution in [-0.4, -0.2) is 35.6 Å². The standard InChI is InChI=1S/C14H20N4O3/c1-8(16-13(19)6-10(7-15)21-2)9-3-4-11-12(5-9)18-14(20)17-11/h3-5,8,10H,6-7,15H2,1-2H3,(H,16,19)(H2,17,18,20). The zero-order valence-corrected chi connectivity index (χ0v) is 12.1. The Balaban J connectivity index is 2.05. The largest absolute Gasteiger partial charge is 0.380 e. The first-order chi connectivity index (χ1) is 10.0. The number of methoxy groups -OCH3 is 1. The quantitative estimate of drug-likeness (QED) is 0.617. The first kappa shape index (κ1) is 15.3. The van der Waals surface area contributed by atoms with Crippen LogP contribution in [0.3, 0.4) is 0 Å². The Morgan fingerprint density at radius 3 is 2.76 bits per heavy atom. The van der Waals surface area contributed by atoms with Crippen molar-refractivity contribution in [3.05, 3.63) is 34.2 Å². The molecule has 1 aromatic carbocycles. The number of fused-ring (bicyclic) bond motifs is 1. The van der Waals surface area contributed by atoms with Crippen LogP contribution in [0.5, 0.6) is 0 Å². The molecule has 7 heteroatoms. The number of amides is 1. The third-order valence-electron chi connectivity index (χ3n) is 3.43. The van der Waals surface area contributed by atoms with E-state index in [9.17, 15) is 9.59 Å². The van der Waals surface area contributed by atoms with Crippen molar-refractivity contribution in [1.29, 1.82) is 0 Å². The molecular formula is C14H20N4O3. The highest BCUT2D eigenvalue weighted by atomic mass is 16.5. The summed E-state index contributed by atoms with van der Waals surface area (Å²) in [5, 5.41) is 2.89. The van der Waals surface area contributed by atoms with Gasteiger partial charge in [0.1, 0.15) is 0 Å². The molecule has 0 radical (unpaired) electrons. The van der Waals surface area contributed by atoms with Gasteiger partial charge in [-0.2, -0.15) is 0 Å². The number of carbonyl (C=O) groups is 1. The molecule has 7 nitrogen and oxygen atoms in total. The predicted molar refractivity (Wildman–Crippen MR) is 79.9 cm³/mol. The zero-order valence-electron chi connectivity index (χ0n) is 12.1. The monoisotopic (exact) mass is 292 g/mol. The molecule has 21 heavy (non-hydrogen) atoms. The number of aromatic nitrogens is 2. The topological polar surface area (TPSA) is 113 Å². The smallest absolute Gasteiger partial charge is 0.323 e. The lowest BCUT2D eigenvalue weighted by Gasteiger charge is -2.17. The summed E-state index contributed by atoms with van der Waals surface area (Å²) in [6.07, 6.45) is -0.0543. The summed E-state index contributed by atoms with van der Waals surface area (Å²) < 4.78 is 5.09. The number of carbonyl (C=O) groups excluding carboxylic acids is 1. The van der Waals surface area contributed by atoms with E-state index in [0.29, 0.717) is 6.54 Å². The molecular weight excluding hydrogens is 272 g/mol. The number of hydrogen-bond acceptors (Lipinski definition) is 4. The van der Waals surface area contributed by atoms with Crippen LogP contribution in [0.15, 0.2) is 23.0 Å². The zero-order chi connectivity index (χ0) is 15.4. The Kier molecular flexibility index (Phi) is 4.77. The van der Waals surface area contributed by atoms with Gasteiger partial charge in [-0.25, -0.2) is 4.79 Å². The van der Waals surface area contributed by atoms with Gasteiger partial charge in [0.25, 0.3) is 0 Å². The predicted octanol–water partition coefficient (Wildman–Crippen LogP) is 0.397. The van der Waals surface area contributed by atoms with Gasteiger partial charge in [0.05, 0.1) is 29.6 Å². The fraction of sp³-hybridized carbons (Fsp3) is 0.429. The molecule has 2 atom stereocenters. The minimum absolute atomic E-state index is 0.123. The lowest BCUT2D eigenvalue weighted by Crippen LogP contribution is -2.33. The van der Waals surface area contributed by atoms with Crippen LogP contribution in [0, 0.1) is 0 Å². The Bertz CT molecular complexity index is 672. The molecule has 0 aliphatic heterocycles. The number of imidazole rings is 1. The SMILES string of the molecule is COC(CN)CC(=O)NC(C)c1ccc2[nH]c(=O)[nH]c2c1. The minimum atomic E-state index is -0.277. The highest BCUT2D eigenvalue weighted by molar-refractivity contribution is 5.78. The van der Waals surface area contributed by atoms with Gasteiger partial charge < -0.3 is 25.8 Å². The van der Waals surface area contributed by atoms with Gasteiger partial charge in [0.15, 0.2) is 0 Å². The second kappa shape index (κ2) is 6.55. The highest BCUT2D eigenvalue weighted by Crippen LogP contribution is 2.17. The van der Waals surface area contributed by atoms with Crippen molar-refractivity contribution < 1.29 is 9.53 Å². The third kappa shape index (κ3) is 3.71. The molecule has 2 aromatic rings. The van der Waals surface area contributed by atoms with Crippen LogP contribution in [0.2, 0.25) is 0 Å². The number of H-pyrrole nitrogens is 2. The number of nitrogens with one attached hydrogen (secondary N) is 3. The van der Waals surface area contributed by atoms with Crippen LogP contribution < -0.4 is 16.7 Å². The summed E-state index contributed by atoms with van der Waals surface area (Å²) in [5.41, 5.74) is 7.62. The summed E-state index contributed by atoms with van der Waals surface area (Å²) in [4.78, 5) is 28.5. The van der Waals surface area contributed by atoms with Gasteiger partial charge in [-0.05, 0) is 24.6 Å². The summed E-state index contributed by atoms with van der Waals surface area (Å²) in [6.45, 7) is 2.18. The Morgan fingerprint density at radius 1 is 1.38 bits per heavy atom. The minimum Gasteiger partial charge on any atom is -0.380 e. The summed E-state index contributed by atoms with van der Waals surface area (Å²) in [5.74, 6) is -0.123. The average Bonchev–Trinajstić information content (AvgIpc) is 2.83. The van der Waals surface area contributed by atoms with Crippen molar-refractivity contribution in [2.75, 3.05) is 13.7 Å². The Hall–Kier alpha value is -2.12. The highest BCUT2D eigenvalue weighted by Gasteiger charge is 2.15. The fourth-order valence-corrected chi connectivity index (χ4v) is 2.17. The lowest BCUT2D eigenvalue weighted by molar-refractivity contribution is -0.124. The van der Waals surface area contributed by atoms with Gasteiger partial charge >= 0.3 is 5.69 Å². The lowest BCUT2D eigenvalue weighted by atomic mass is 10.1. The summed E-state index contributed by atoms with van der Waals surface area (Å²) in [7, 11) is 1.53. The molecule has 0 saturated carbocycles. The fourth-order valence-electron chi connectivity index (χ4n) is 2.17. The maximum Gasteiger partial charge on any atom is 0.323 e. The van der Waals surface area contributed by atoms with E-state index in [0.717, 1.165) is 16.6 Å². The van der Waals surface area contributed by atoms with Crippen LogP contribution in [-0.2, 0) is 9.53 Å². The molecule has 1 heterocycles. The van der Waals surface area contributed by atoms with Crippen molar-refractivity contribution in [3.63, 3.8) is 0 Å². The summed E-state index contributed by atoms with van der Waals surface area (Å²) >= 11 is 0. The molecule has 0 fully saturated rings. The first-order valence-corrected chi connectivity index (χ1v) is 6.77. The van der Waals surface area contributed by atoms with Crippen molar-refractivity contribution in [1.82, 2.24) is 15.3 Å². The first-order valence-electron chi connectivity index (χ1n) is 6.77. The normalized spacial score (nSPS) is 14.0. The molecule has 0 saturated heterocycles. The Morgan fingerprint density at radius 2 is 2.10 bits per heavy atom. The van der Waals surface area contributed by atoms with E-state index in [2.05, 4.69) is 15.3 Å². The molecule has 2 unspecified atom stereocenters. The van der Waals surface area contributed by atoms with Crippen LogP contribution in [0.1, 0.15) is 24.9 Å². The van der Waals surface area contributed by atoms with Crippen molar-refractivity contribution in [3.8, 4) is 0 Å². The number of ether oxygens (including phenoxy) is 1. The van der Waals surface area contributed by atoms with Crippen LogP contribution in [0.4, 0.5) is 0 Å². The number of hydrogen-bond donors (Lipinski definition) is 4. The molecule has 0 bridgehead atoms. The Labute approximate surface area is 121 Å². The molecule has 1 aromatic heterocycles. The number of nitrogens with two attached hydrogens (primary N) is 1. The average molecular weight is 292 g/mol. The van der Waals surface area contributed by atoms with Gasteiger partial charge in [0.2, 0.25) is 5.91 Å². The van der Waals surface area contributed by atoms with Gasteiger partial charge in [-0.3, -0.25) is 4.79 Å². The van der Waals surface area contributed by atoms with Gasteiger partial charge in [-0.15, -0.1) is 0 Å². The van der Waals surface area contributed by atoms with Crippen LogP contribution in [0.25, 0.3) is 11.0 Å². The van der Waals surface area contributed by atoms with Crippen molar-refractivity contribution in [2.45, 2.75) is 25.5 Å². The number of aromatic amines is 2. The van der Waals surface area contributed by atoms with E-state index in [1.807, 2.05) is 25.1 Å². The van der Waals surface area contributed by atoms with Crippen molar-refractivity contribution in [2.24, 2.45) is 5.73 Å². The van der Waals surface area contributed by atoms with E-state index >= 15 is 0 Å². The molecule has 1 amide bonds. The molecule has 0 aliphatic rings. The van der Waals surface area contributed by atoms with E-state index in [1.54, 1.807) is 0 Å². The van der Waals surface area contributed by atoms with Crippen LogP contribution >= 0.6 is 0 Å². The second-order valence-electron chi connectivity index (χ2n) is 4.97.